The highest BCUT2D eigenvalue weighted by atomic mass is 35.5. The summed E-state index contributed by atoms with van der Waals surface area (Å²) < 4.78 is 0. The topological polar surface area (TPSA) is 70.9 Å². The highest BCUT2D eigenvalue weighted by Crippen LogP contribution is 2.35. The summed E-state index contributed by atoms with van der Waals surface area (Å²) in [7, 11) is 0. The van der Waals surface area contributed by atoms with Gasteiger partial charge in [0, 0.05) is 35.6 Å². The van der Waals surface area contributed by atoms with Gasteiger partial charge in [0.15, 0.2) is 5.82 Å². The van der Waals surface area contributed by atoms with Crippen LogP contribution in [0.4, 0.5) is 5.69 Å². The van der Waals surface area contributed by atoms with Crippen molar-refractivity contribution in [3.05, 3.63) is 47.6 Å². The molecule has 0 amide bonds. The summed E-state index contributed by atoms with van der Waals surface area (Å²) in [6, 6.07) is 6.46. The molecule has 1 aliphatic rings. The minimum absolute atomic E-state index is 0.353. The molecule has 1 aromatic carbocycles. The summed E-state index contributed by atoms with van der Waals surface area (Å²) in [5, 5.41) is 15.4. The van der Waals surface area contributed by atoms with Crippen molar-refractivity contribution in [2.75, 3.05) is 5.32 Å². The largest absolute Gasteiger partial charge is 0.382 e. The first kappa shape index (κ1) is 21.0. The number of aliphatic hydroxyl groups is 1. The summed E-state index contributed by atoms with van der Waals surface area (Å²) in [5.74, 6) is 1.07. The van der Waals surface area contributed by atoms with Gasteiger partial charge in [0.05, 0.1) is 16.2 Å². The molecule has 2 heterocycles. The number of nitrogens with zero attached hydrogens (tertiary/aromatic N) is 3. The van der Waals surface area contributed by atoms with Crippen LogP contribution in [-0.4, -0.2) is 26.1 Å². The van der Waals surface area contributed by atoms with E-state index in [0.29, 0.717) is 22.8 Å². The number of anilines is 1. The lowest BCUT2D eigenvalue weighted by Gasteiger charge is -2.29. The number of aromatic nitrogens is 3. The first-order valence-corrected chi connectivity index (χ1v) is 11.1. The predicted molar refractivity (Wildman–Crippen MR) is 123 cm³/mol. The molecule has 0 unspecified atom stereocenters. The molecule has 0 radical (unpaired) electrons. The molecular formula is C24H29ClN4O. The SMILES string of the molecule is C[C@@H](Nc1c(Cl)cnc2ccc(-c3cnc(C(C)(C)O)nc3)cc12)C1CCCCC1. The van der Waals surface area contributed by atoms with Crippen molar-refractivity contribution in [2.45, 2.75) is 64.5 Å². The molecule has 0 saturated heterocycles. The molecule has 1 saturated carbocycles. The lowest BCUT2D eigenvalue weighted by Crippen LogP contribution is -2.27. The number of rotatable bonds is 5. The molecule has 1 fully saturated rings. The van der Waals surface area contributed by atoms with E-state index in [1.165, 1.54) is 32.1 Å². The molecule has 158 valence electrons. The lowest BCUT2D eigenvalue weighted by molar-refractivity contribution is 0.0687. The Morgan fingerprint density at radius 3 is 2.40 bits per heavy atom. The molecule has 4 rings (SSSR count). The second kappa shape index (κ2) is 8.48. The van der Waals surface area contributed by atoms with Gasteiger partial charge in [-0.2, -0.15) is 0 Å². The monoisotopic (exact) mass is 424 g/mol. The van der Waals surface area contributed by atoms with E-state index in [9.17, 15) is 5.11 Å². The lowest BCUT2D eigenvalue weighted by atomic mass is 9.84. The Hall–Kier alpha value is -2.24. The Labute approximate surface area is 182 Å². The van der Waals surface area contributed by atoms with Gasteiger partial charge in [-0.05, 0) is 57.2 Å². The summed E-state index contributed by atoms with van der Waals surface area (Å²) in [6.07, 6.45) is 11.7. The zero-order chi connectivity index (χ0) is 21.3. The number of benzene rings is 1. The van der Waals surface area contributed by atoms with Crippen molar-refractivity contribution in [1.82, 2.24) is 15.0 Å². The van der Waals surface area contributed by atoms with Crippen molar-refractivity contribution in [1.29, 1.82) is 0 Å². The van der Waals surface area contributed by atoms with Crippen LogP contribution < -0.4 is 5.32 Å². The fourth-order valence-corrected chi connectivity index (χ4v) is 4.47. The normalized spacial score (nSPS) is 16.6. The Balaban J connectivity index is 1.68. The fourth-order valence-electron chi connectivity index (χ4n) is 4.27. The molecule has 30 heavy (non-hydrogen) atoms. The maximum atomic E-state index is 10.1. The van der Waals surface area contributed by atoms with Crippen LogP contribution in [0, 0.1) is 5.92 Å². The van der Waals surface area contributed by atoms with Crippen molar-refractivity contribution < 1.29 is 5.11 Å². The molecular weight excluding hydrogens is 396 g/mol. The quantitative estimate of drug-likeness (QED) is 0.529. The zero-order valence-corrected chi connectivity index (χ0v) is 18.6. The van der Waals surface area contributed by atoms with Crippen molar-refractivity contribution >= 4 is 28.2 Å². The molecule has 3 aromatic rings. The highest BCUT2D eigenvalue weighted by molar-refractivity contribution is 6.34. The van der Waals surface area contributed by atoms with Crippen LogP contribution in [-0.2, 0) is 5.60 Å². The second-order valence-electron chi connectivity index (χ2n) is 8.90. The van der Waals surface area contributed by atoms with E-state index in [4.69, 9.17) is 11.6 Å². The smallest absolute Gasteiger partial charge is 0.159 e. The van der Waals surface area contributed by atoms with Crippen LogP contribution in [0.15, 0.2) is 36.8 Å². The third-order valence-corrected chi connectivity index (χ3v) is 6.37. The van der Waals surface area contributed by atoms with Crippen LogP contribution in [0.25, 0.3) is 22.0 Å². The summed E-state index contributed by atoms with van der Waals surface area (Å²) in [5.41, 5.74) is 2.65. The van der Waals surface area contributed by atoms with Crippen LogP contribution in [0.5, 0.6) is 0 Å². The Kier molecular flexibility index (Phi) is 5.94. The maximum absolute atomic E-state index is 10.1. The molecule has 0 spiro atoms. The molecule has 2 N–H and O–H groups in total. The molecule has 0 aliphatic heterocycles. The van der Waals surface area contributed by atoms with Crippen molar-refractivity contribution in [3.8, 4) is 11.1 Å². The summed E-state index contributed by atoms with van der Waals surface area (Å²) in [6.45, 7) is 5.61. The first-order valence-electron chi connectivity index (χ1n) is 10.7. The molecule has 1 atom stereocenters. The predicted octanol–water partition coefficient (Wildman–Crippen LogP) is 5.95. The number of pyridine rings is 1. The average molecular weight is 425 g/mol. The molecule has 6 heteroatoms. The van der Waals surface area contributed by atoms with E-state index in [-0.39, 0.29) is 0 Å². The number of nitrogens with one attached hydrogen (secondary N) is 1. The van der Waals surface area contributed by atoms with Gasteiger partial charge < -0.3 is 10.4 Å². The maximum Gasteiger partial charge on any atom is 0.159 e. The van der Waals surface area contributed by atoms with Crippen molar-refractivity contribution in [2.24, 2.45) is 5.92 Å². The van der Waals surface area contributed by atoms with Gasteiger partial charge in [-0.15, -0.1) is 0 Å². The van der Waals surface area contributed by atoms with E-state index < -0.39 is 5.60 Å². The standard InChI is InChI=1S/C24H29ClN4O/c1-15(16-7-5-4-6-8-16)29-22-19-11-17(9-10-21(19)26-14-20(22)25)18-12-27-23(28-13-18)24(2,3)30/h9-16,30H,4-8H2,1-3H3,(H,26,29)/t15-/m1/s1. The average Bonchev–Trinajstić information content (AvgIpc) is 2.75. The Morgan fingerprint density at radius 2 is 1.73 bits per heavy atom. The van der Waals surface area contributed by atoms with E-state index in [1.54, 1.807) is 32.4 Å². The Bertz CT molecular complexity index is 1020. The van der Waals surface area contributed by atoms with Crippen LogP contribution in [0.3, 0.4) is 0 Å². The first-order chi connectivity index (χ1) is 14.3. The molecule has 1 aliphatic carbocycles. The number of halogens is 1. The van der Waals surface area contributed by atoms with Crippen LogP contribution in [0.1, 0.15) is 58.7 Å². The van der Waals surface area contributed by atoms with Gasteiger partial charge in [0.25, 0.3) is 0 Å². The molecule has 0 bridgehead atoms. The Morgan fingerprint density at radius 1 is 1.03 bits per heavy atom. The minimum Gasteiger partial charge on any atom is -0.382 e. The van der Waals surface area contributed by atoms with Gasteiger partial charge in [0.1, 0.15) is 5.60 Å². The van der Waals surface area contributed by atoms with Gasteiger partial charge in [0.2, 0.25) is 0 Å². The van der Waals surface area contributed by atoms with Gasteiger partial charge in [-0.1, -0.05) is 36.9 Å². The molecule has 2 aromatic heterocycles. The minimum atomic E-state index is -1.06. The fraction of sp³-hybridized carbons (Fsp3) is 0.458. The van der Waals surface area contributed by atoms with Gasteiger partial charge >= 0.3 is 0 Å². The third-order valence-electron chi connectivity index (χ3n) is 6.08. The van der Waals surface area contributed by atoms with E-state index in [2.05, 4.69) is 33.3 Å². The number of hydrogen-bond donors (Lipinski definition) is 2. The highest BCUT2D eigenvalue weighted by Gasteiger charge is 2.22. The van der Waals surface area contributed by atoms with Crippen molar-refractivity contribution in [3.63, 3.8) is 0 Å². The van der Waals surface area contributed by atoms with Crippen LogP contribution in [0.2, 0.25) is 5.02 Å². The second-order valence-corrected chi connectivity index (χ2v) is 9.31. The van der Waals surface area contributed by atoms with Crippen LogP contribution >= 0.6 is 11.6 Å². The van der Waals surface area contributed by atoms with Gasteiger partial charge in [-0.3, -0.25) is 4.98 Å². The number of fused-ring (bicyclic) bond motifs is 1. The van der Waals surface area contributed by atoms with E-state index in [1.807, 2.05) is 12.1 Å². The molecule has 5 nitrogen and oxygen atoms in total. The van der Waals surface area contributed by atoms with E-state index >= 15 is 0 Å². The summed E-state index contributed by atoms with van der Waals surface area (Å²) in [4.78, 5) is 13.2. The van der Waals surface area contributed by atoms with E-state index in [0.717, 1.165) is 27.7 Å². The van der Waals surface area contributed by atoms with Gasteiger partial charge in [-0.25, -0.2) is 9.97 Å². The zero-order valence-electron chi connectivity index (χ0n) is 17.8. The third kappa shape index (κ3) is 4.42. The summed E-state index contributed by atoms with van der Waals surface area (Å²) >= 11 is 6.58. The number of hydrogen-bond acceptors (Lipinski definition) is 5.